The van der Waals surface area contributed by atoms with Crippen LogP contribution in [-0.4, -0.2) is 29.1 Å². The Labute approximate surface area is 136 Å². The number of thiazole rings is 1. The molecule has 0 aliphatic heterocycles. The summed E-state index contributed by atoms with van der Waals surface area (Å²) in [6.45, 7) is 2.46. The molecule has 23 heavy (non-hydrogen) atoms. The Morgan fingerprint density at radius 3 is 2.87 bits per heavy atom. The van der Waals surface area contributed by atoms with Crippen LogP contribution in [0.3, 0.4) is 0 Å². The van der Waals surface area contributed by atoms with Gasteiger partial charge in [0, 0.05) is 12.7 Å². The van der Waals surface area contributed by atoms with Crippen LogP contribution in [-0.2, 0) is 16.6 Å². The fourth-order valence-electron chi connectivity index (χ4n) is 2.07. The van der Waals surface area contributed by atoms with Gasteiger partial charge in [0.05, 0.1) is 15.1 Å². The van der Waals surface area contributed by atoms with E-state index in [0.717, 1.165) is 0 Å². The van der Waals surface area contributed by atoms with Crippen molar-refractivity contribution >= 4 is 42.6 Å². The molecule has 8 nitrogen and oxygen atoms in total. The molecule has 3 aromatic rings. The van der Waals surface area contributed by atoms with E-state index in [9.17, 15) is 13.2 Å². The van der Waals surface area contributed by atoms with E-state index in [1.165, 1.54) is 23.5 Å². The minimum Gasteiger partial charge on any atom is -0.296 e. The molecule has 0 bridgehead atoms. The van der Waals surface area contributed by atoms with E-state index in [4.69, 9.17) is 5.14 Å². The third-order valence-electron chi connectivity index (χ3n) is 3.16. The van der Waals surface area contributed by atoms with Gasteiger partial charge in [-0.05, 0) is 31.2 Å². The number of benzene rings is 1. The Kier molecular flexibility index (Phi) is 3.88. The largest absolute Gasteiger partial charge is 0.296 e. The third-order valence-corrected chi connectivity index (χ3v) is 5.00. The van der Waals surface area contributed by atoms with E-state index in [1.807, 2.05) is 6.92 Å². The van der Waals surface area contributed by atoms with Crippen molar-refractivity contribution in [1.29, 1.82) is 0 Å². The van der Waals surface area contributed by atoms with Gasteiger partial charge in [-0.25, -0.2) is 18.5 Å². The maximum absolute atomic E-state index is 12.2. The van der Waals surface area contributed by atoms with Crippen molar-refractivity contribution in [3.05, 3.63) is 36.2 Å². The fraction of sp³-hybridized carbons (Fsp3) is 0.154. The molecule has 1 aromatic carbocycles. The van der Waals surface area contributed by atoms with Crippen LogP contribution >= 0.6 is 11.3 Å². The number of carbonyl (C=O) groups excluding carboxylic acids is 1. The number of nitrogens with zero attached hydrogens (tertiary/aromatic N) is 3. The molecule has 0 spiro atoms. The molecule has 120 valence electrons. The van der Waals surface area contributed by atoms with Crippen LogP contribution in [0.4, 0.5) is 5.13 Å². The lowest BCUT2D eigenvalue weighted by atomic mass is 10.3. The second kappa shape index (κ2) is 5.72. The van der Waals surface area contributed by atoms with Gasteiger partial charge in [0.15, 0.2) is 5.13 Å². The molecule has 0 aliphatic carbocycles. The molecule has 3 N–H and O–H groups in total. The summed E-state index contributed by atoms with van der Waals surface area (Å²) in [4.78, 5) is 16.5. The van der Waals surface area contributed by atoms with E-state index < -0.39 is 10.0 Å². The van der Waals surface area contributed by atoms with Gasteiger partial charge in [-0.3, -0.25) is 14.8 Å². The molecule has 1 amide bonds. The van der Waals surface area contributed by atoms with Crippen molar-refractivity contribution in [3.8, 4) is 0 Å². The first-order valence-electron chi connectivity index (χ1n) is 6.65. The SMILES string of the molecule is CCn1nccc1C(=O)Nc1nc2ccc(S(N)(=O)=O)cc2s1. The lowest BCUT2D eigenvalue weighted by Crippen LogP contribution is -2.17. The predicted octanol–water partition coefficient (Wildman–Crippen LogP) is 1.41. The molecule has 0 aliphatic rings. The first-order valence-corrected chi connectivity index (χ1v) is 9.01. The van der Waals surface area contributed by atoms with E-state index >= 15 is 0 Å². The highest BCUT2D eigenvalue weighted by Crippen LogP contribution is 2.28. The third kappa shape index (κ3) is 3.09. The van der Waals surface area contributed by atoms with Crippen LogP contribution < -0.4 is 10.5 Å². The molecule has 0 saturated carbocycles. The summed E-state index contributed by atoms with van der Waals surface area (Å²) in [5, 5.41) is 12.2. The number of hydrogen-bond donors (Lipinski definition) is 2. The zero-order chi connectivity index (χ0) is 16.6. The number of nitrogens with one attached hydrogen (secondary N) is 1. The highest BCUT2D eigenvalue weighted by Gasteiger charge is 2.15. The van der Waals surface area contributed by atoms with Crippen molar-refractivity contribution in [2.45, 2.75) is 18.4 Å². The molecule has 0 radical (unpaired) electrons. The van der Waals surface area contributed by atoms with Gasteiger partial charge in [-0.2, -0.15) is 5.10 Å². The van der Waals surface area contributed by atoms with Crippen LogP contribution in [0.15, 0.2) is 35.4 Å². The van der Waals surface area contributed by atoms with E-state index in [0.29, 0.717) is 27.6 Å². The summed E-state index contributed by atoms with van der Waals surface area (Å²) in [5.41, 5.74) is 1.01. The first kappa shape index (κ1) is 15.6. The molecule has 0 unspecified atom stereocenters. The number of rotatable bonds is 4. The number of hydrogen-bond acceptors (Lipinski definition) is 6. The van der Waals surface area contributed by atoms with Crippen LogP contribution in [0.5, 0.6) is 0 Å². The molecule has 0 atom stereocenters. The summed E-state index contributed by atoms with van der Waals surface area (Å²) in [5.74, 6) is -0.324. The Bertz CT molecular complexity index is 990. The maximum atomic E-state index is 12.2. The highest BCUT2D eigenvalue weighted by molar-refractivity contribution is 7.89. The second-order valence-electron chi connectivity index (χ2n) is 4.68. The van der Waals surface area contributed by atoms with Gasteiger partial charge < -0.3 is 0 Å². The summed E-state index contributed by atoms with van der Waals surface area (Å²) in [6, 6.07) is 5.99. The smallest absolute Gasteiger partial charge is 0.275 e. The van der Waals surface area contributed by atoms with E-state index in [2.05, 4.69) is 15.4 Å². The zero-order valence-corrected chi connectivity index (χ0v) is 13.7. The van der Waals surface area contributed by atoms with Gasteiger partial charge >= 0.3 is 0 Å². The van der Waals surface area contributed by atoms with Crippen LogP contribution in [0.2, 0.25) is 0 Å². The number of sulfonamides is 1. The number of aryl methyl sites for hydroxylation is 1. The van der Waals surface area contributed by atoms with Crippen molar-refractivity contribution in [3.63, 3.8) is 0 Å². The van der Waals surface area contributed by atoms with E-state index in [1.54, 1.807) is 23.0 Å². The van der Waals surface area contributed by atoms with Crippen molar-refractivity contribution in [1.82, 2.24) is 14.8 Å². The monoisotopic (exact) mass is 351 g/mol. The van der Waals surface area contributed by atoms with Crippen LogP contribution in [0.25, 0.3) is 10.2 Å². The van der Waals surface area contributed by atoms with Crippen molar-refractivity contribution in [2.24, 2.45) is 5.14 Å². The predicted molar refractivity (Wildman–Crippen MR) is 86.8 cm³/mol. The average Bonchev–Trinajstić information content (AvgIpc) is 3.10. The van der Waals surface area contributed by atoms with Crippen LogP contribution in [0.1, 0.15) is 17.4 Å². The number of aromatic nitrogens is 3. The minimum absolute atomic E-state index is 0.00980. The number of primary sulfonamides is 1. The summed E-state index contributed by atoms with van der Waals surface area (Å²) in [7, 11) is -3.77. The quantitative estimate of drug-likeness (QED) is 0.736. The summed E-state index contributed by atoms with van der Waals surface area (Å²) >= 11 is 1.17. The second-order valence-corrected chi connectivity index (χ2v) is 7.27. The number of anilines is 1. The average molecular weight is 351 g/mol. The molecule has 10 heteroatoms. The molecular formula is C13H13N5O3S2. The minimum atomic E-state index is -3.77. The summed E-state index contributed by atoms with van der Waals surface area (Å²) in [6.07, 6.45) is 1.55. The molecule has 3 rings (SSSR count). The zero-order valence-electron chi connectivity index (χ0n) is 12.1. The normalized spacial score (nSPS) is 11.7. The van der Waals surface area contributed by atoms with Crippen molar-refractivity contribution < 1.29 is 13.2 Å². The standard InChI is InChI=1S/C13H13N5O3S2/c1-2-18-10(5-6-15-18)12(19)17-13-16-9-4-3-8(23(14,20)21)7-11(9)22-13/h3-7H,2H2,1H3,(H2,14,20,21)(H,16,17,19). The van der Waals surface area contributed by atoms with Gasteiger partial charge in [0.1, 0.15) is 5.69 Å². The Morgan fingerprint density at radius 2 is 2.17 bits per heavy atom. The van der Waals surface area contributed by atoms with Crippen molar-refractivity contribution in [2.75, 3.05) is 5.32 Å². The first-order chi connectivity index (χ1) is 10.9. The number of nitrogens with two attached hydrogens (primary N) is 1. The Morgan fingerprint density at radius 1 is 1.39 bits per heavy atom. The van der Waals surface area contributed by atoms with Gasteiger partial charge in [0.2, 0.25) is 10.0 Å². The molecule has 0 saturated heterocycles. The Balaban J connectivity index is 1.91. The molecule has 2 aromatic heterocycles. The lowest BCUT2D eigenvalue weighted by molar-refractivity contribution is 0.101. The maximum Gasteiger partial charge on any atom is 0.275 e. The topological polar surface area (TPSA) is 120 Å². The van der Waals surface area contributed by atoms with Crippen LogP contribution in [0, 0.1) is 0 Å². The Hall–Kier alpha value is -2.30. The molecule has 0 fully saturated rings. The highest BCUT2D eigenvalue weighted by atomic mass is 32.2. The fourth-order valence-corrected chi connectivity index (χ4v) is 3.59. The summed E-state index contributed by atoms with van der Waals surface area (Å²) < 4.78 is 24.9. The molecular weight excluding hydrogens is 338 g/mol. The number of fused-ring (bicyclic) bond motifs is 1. The van der Waals surface area contributed by atoms with E-state index in [-0.39, 0.29) is 10.8 Å². The molecule has 2 heterocycles. The number of carbonyl (C=O) groups is 1. The number of amides is 1. The lowest BCUT2D eigenvalue weighted by Gasteiger charge is -2.03. The van der Waals surface area contributed by atoms with Gasteiger partial charge in [-0.15, -0.1) is 0 Å². The van der Waals surface area contributed by atoms with Gasteiger partial charge in [0.25, 0.3) is 5.91 Å². The van der Waals surface area contributed by atoms with Gasteiger partial charge in [-0.1, -0.05) is 11.3 Å².